The van der Waals surface area contributed by atoms with Crippen LogP contribution in [0, 0.1) is 11.8 Å². The third kappa shape index (κ3) is 8.81. The monoisotopic (exact) mass is 1040 g/mol. The number of aliphatic carboxylic acids is 2. The highest BCUT2D eigenvalue weighted by Crippen LogP contribution is 2.65. The summed E-state index contributed by atoms with van der Waals surface area (Å²) in [5.41, 5.74) is -0.295. The Kier molecular flexibility index (Phi) is 14.1. The molecule has 1 saturated heterocycles. The number of Topliss-reactive ketones (excluding diaryl/α,β-unsaturated/α-hetero) is 2. The van der Waals surface area contributed by atoms with Crippen molar-refractivity contribution >= 4 is 29.6 Å². The molecule has 1 spiro atoms. The van der Waals surface area contributed by atoms with E-state index in [4.69, 9.17) is 37.9 Å². The first-order valence-electron chi connectivity index (χ1n) is 26.2. The number of fused-ring (bicyclic) bond motifs is 8. The number of benzene rings is 3. The number of ether oxygens (including phenoxy) is 8. The molecule has 0 amide bonds. The number of carbonyl (C=O) groups is 4. The van der Waals surface area contributed by atoms with Gasteiger partial charge in [0.1, 0.15) is 64.5 Å². The molecule has 0 bridgehead atoms. The van der Waals surface area contributed by atoms with Crippen LogP contribution in [0.15, 0.2) is 76.9 Å². The molecule has 1 fully saturated rings. The Morgan fingerprint density at radius 2 is 1.59 bits per heavy atom. The summed E-state index contributed by atoms with van der Waals surface area (Å²) in [5, 5.41) is 32.4. The summed E-state index contributed by atoms with van der Waals surface area (Å²) in [7, 11) is 3.16. The second kappa shape index (κ2) is 19.9. The molecule has 404 valence electrons. The minimum absolute atomic E-state index is 0.0407. The zero-order valence-electron chi connectivity index (χ0n) is 45.6. The molecule has 0 aromatic heterocycles. The first-order valence-corrected chi connectivity index (χ1v) is 26.2. The van der Waals surface area contributed by atoms with Crippen LogP contribution in [-0.4, -0.2) is 94.3 Å². The summed E-state index contributed by atoms with van der Waals surface area (Å²) in [6, 6.07) is 7.32. The maximum Gasteiger partial charge on any atom is 0.340 e. The van der Waals surface area contributed by atoms with Gasteiger partial charge in [0.15, 0.2) is 28.7 Å². The summed E-state index contributed by atoms with van der Waals surface area (Å²) in [4.78, 5) is 53.6. The van der Waals surface area contributed by atoms with Crippen LogP contribution in [0.3, 0.4) is 0 Å². The number of carbonyl (C=O) groups excluding carboxylic acids is 2. The van der Waals surface area contributed by atoms with Gasteiger partial charge in [0.05, 0.1) is 36.9 Å². The van der Waals surface area contributed by atoms with Gasteiger partial charge in [-0.1, -0.05) is 49.3 Å². The van der Waals surface area contributed by atoms with Crippen molar-refractivity contribution < 1.29 is 72.4 Å². The van der Waals surface area contributed by atoms with Crippen LogP contribution in [0.5, 0.6) is 46.0 Å². The van der Waals surface area contributed by atoms with Crippen molar-refractivity contribution in [3.05, 3.63) is 110 Å². The standard InChI is InChI=1S/C38H46O9.C23H24O6/c1-21(2)11-10-18-36(8)19-17-24-29(39)28-30(40)26-12-9-13-27-35(6,7)47-37(34(43)44,20-16-23(5)33(41)42)38(26,27)46-32(28)25(31(24)45-36)15-14-22(3)4;1-11(2)16-8-14-15(28-16)6-5-12-22(24)21-13-7-18(25-3)19(26-4)9-17(13)27-10-20(21)29-23(12)14/h11-12,14,16-17,19,27,39H,9-10,13,15,18,20H2,1-8H3,(H,41,42)(H,43,44);5-7,9,11,16,20-21H,8,10H2,1-4H3. The second-order valence-electron chi connectivity index (χ2n) is 22.6. The highest BCUT2D eigenvalue weighted by Gasteiger charge is 2.77. The van der Waals surface area contributed by atoms with E-state index in [1.807, 2.05) is 65.0 Å². The van der Waals surface area contributed by atoms with Gasteiger partial charge in [-0.15, -0.1) is 0 Å². The van der Waals surface area contributed by atoms with Gasteiger partial charge in [-0.2, -0.15) is 0 Å². The Balaban J connectivity index is 0.000000207. The lowest BCUT2D eigenvalue weighted by molar-refractivity contribution is -0.184. The number of phenols is 1. The predicted molar refractivity (Wildman–Crippen MR) is 284 cm³/mol. The topological polar surface area (TPSA) is 203 Å². The van der Waals surface area contributed by atoms with Crippen molar-refractivity contribution in [2.24, 2.45) is 11.8 Å². The summed E-state index contributed by atoms with van der Waals surface area (Å²) in [5.74, 6) is -0.291. The number of allylic oxidation sites excluding steroid dienone is 5. The Bertz CT molecular complexity index is 3090. The molecule has 6 aliphatic heterocycles. The van der Waals surface area contributed by atoms with E-state index in [1.54, 1.807) is 46.3 Å². The second-order valence-corrected chi connectivity index (χ2v) is 22.6. The van der Waals surface area contributed by atoms with Gasteiger partial charge < -0.3 is 53.2 Å². The van der Waals surface area contributed by atoms with Crippen LogP contribution in [0.25, 0.3) is 6.08 Å². The molecular weight excluding hydrogens is 973 g/mol. The molecular formula is C61H70O15. The van der Waals surface area contributed by atoms with Crippen molar-refractivity contribution in [3.63, 3.8) is 0 Å². The molecule has 3 aromatic rings. The lowest BCUT2D eigenvalue weighted by atomic mass is 9.60. The summed E-state index contributed by atoms with van der Waals surface area (Å²) < 4.78 is 49.4. The molecule has 7 unspecified atom stereocenters. The first kappa shape index (κ1) is 53.8. The molecule has 7 atom stereocenters. The number of ketones is 2. The van der Waals surface area contributed by atoms with Gasteiger partial charge in [-0.05, 0) is 124 Å². The smallest absolute Gasteiger partial charge is 0.340 e. The van der Waals surface area contributed by atoms with E-state index in [1.165, 1.54) is 18.6 Å². The van der Waals surface area contributed by atoms with Gasteiger partial charge in [-0.3, -0.25) is 9.59 Å². The Hall–Kier alpha value is -7.00. The van der Waals surface area contributed by atoms with Gasteiger partial charge >= 0.3 is 11.9 Å². The molecule has 1 aliphatic carbocycles. The molecule has 3 N–H and O–H groups in total. The third-order valence-corrected chi connectivity index (χ3v) is 16.1. The van der Waals surface area contributed by atoms with E-state index in [-0.39, 0.29) is 52.6 Å². The number of aromatic hydroxyl groups is 1. The van der Waals surface area contributed by atoms with Crippen LogP contribution in [0.2, 0.25) is 0 Å². The van der Waals surface area contributed by atoms with Crippen LogP contribution < -0.4 is 33.2 Å². The maximum absolute atomic E-state index is 14.7. The number of hydrogen-bond donors (Lipinski definition) is 3. The molecule has 10 rings (SSSR count). The quantitative estimate of drug-likeness (QED) is 0.114. The van der Waals surface area contributed by atoms with Crippen LogP contribution in [0.4, 0.5) is 0 Å². The number of phenolic OH excluding ortho intramolecular Hbond substituents is 1. The lowest BCUT2D eigenvalue weighted by Crippen LogP contribution is -2.66. The highest BCUT2D eigenvalue weighted by molar-refractivity contribution is 6.17. The van der Waals surface area contributed by atoms with Crippen molar-refractivity contribution in [1.29, 1.82) is 0 Å². The third-order valence-electron chi connectivity index (χ3n) is 16.1. The fraction of sp³-hybridized carbons (Fsp3) is 0.475. The largest absolute Gasteiger partial charge is 0.506 e. The molecule has 15 heteroatoms. The zero-order valence-corrected chi connectivity index (χ0v) is 45.6. The molecule has 0 saturated carbocycles. The Morgan fingerprint density at radius 1 is 0.882 bits per heavy atom. The van der Waals surface area contributed by atoms with E-state index in [0.717, 1.165) is 35.3 Å². The number of rotatable bonds is 12. The van der Waals surface area contributed by atoms with E-state index in [0.29, 0.717) is 83.6 Å². The fourth-order valence-corrected chi connectivity index (χ4v) is 12.1. The van der Waals surface area contributed by atoms with Gasteiger partial charge in [0, 0.05) is 52.7 Å². The van der Waals surface area contributed by atoms with Gasteiger partial charge in [-0.25, -0.2) is 9.59 Å². The minimum Gasteiger partial charge on any atom is -0.506 e. The fourth-order valence-electron chi connectivity index (χ4n) is 12.1. The SMILES string of the molecule is CC(C)=CCCC1(C)C=Cc2c(O)c3c(c(CC=C(C)C)c2O1)OC12C(=CCCC1C(C)(C)OC2(CC=C(C)C(=O)O)C(=O)O)C3=O.COc1cc2c(cc1OC)C1C(=O)c3ccc4c(c3OC1CO2)CC(C(C)C)O4. The first-order chi connectivity index (χ1) is 35.9. The van der Waals surface area contributed by atoms with E-state index >= 15 is 0 Å². The zero-order chi connectivity index (χ0) is 55.0. The van der Waals surface area contributed by atoms with E-state index in [2.05, 4.69) is 19.9 Å². The van der Waals surface area contributed by atoms with Crippen LogP contribution >= 0.6 is 0 Å². The number of hydrogen-bond acceptors (Lipinski definition) is 13. The average Bonchev–Trinajstić information content (AvgIpc) is 4.08. The summed E-state index contributed by atoms with van der Waals surface area (Å²) >= 11 is 0. The van der Waals surface area contributed by atoms with Crippen molar-refractivity contribution in [1.82, 2.24) is 0 Å². The minimum atomic E-state index is -2.16. The Labute approximate surface area is 444 Å². The number of methoxy groups -OCH3 is 2. The molecule has 7 aliphatic rings. The Morgan fingerprint density at radius 3 is 2.25 bits per heavy atom. The molecule has 15 nitrogen and oxygen atoms in total. The molecule has 0 radical (unpaired) electrons. The summed E-state index contributed by atoms with van der Waals surface area (Å²) in [6.07, 6.45) is 13.6. The van der Waals surface area contributed by atoms with Crippen LogP contribution in [0.1, 0.15) is 150 Å². The van der Waals surface area contributed by atoms with Crippen LogP contribution in [-0.2, 0) is 27.2 Å². The molecule has 76 heavy (non-hydrogen) atoms. The average molecular weight is 1040 g/mol. The molecule has 3 aromatic carbocycles. The maximum atomic E-state index is 14.7. The van der Waals surface area contributed by atoms with E-state index in [9.17, 15) is 34.5 Å². The van der Waals surface area contributed by atoms with Crippen molar-refractivity contribution in [2.45, 2.75) is 155 Å². The van der Waals surface area contributed by atoms with Crippen molar-refractivity contribution in [2.75, 3.05) is 20.8 Å². The normalized spacial score (nSPS) is 26.6. The van der Waals surface area contributed by atoms with E-state index < -0.39 is 52.0 Å². The van der Waals surface area contributed by atoms with Gasteiger partial charge in [0.25, 0.3) is 0 Å². The lowest BCUT2D eigenvalue weighted by Gasteiger charge is -2.50. The van der Waals surface area contributed by atoms with Gasteiger partial charge in [0.2, 0.25) is 5.60 Å². The number of carboxylic acids is 2. The summed E-state index contributed by atoms with van der Waals surface area (Å²) in [6.45, 7) is 19.5. The molecule has 6 heterocycles. The number of carboxylic acid groups (broad SMARTS) is 2. The highest BCUT2D eigenvalue weighted by atomic mass is 16.6. The van der Waals surface area contributed by atoms with Crippen molar-refractivity contribution in [3.8, 4) is 46.0 Å². The predicted octanol–water partition coefficient (Wildman–Crippen LogP) is 11.3.